The third-order valence-corrected chi connectivity index (χ3v) is 2.36. The number of methoxy groups -OCH3 is 1. The molecule has 0 unspecified atom stereocenters. The molecule has 8 nitrogen and oxygen atoms in total. The average molecular weight is 279 g/mol. The molecule has 0 atom stereocenters. The van der Waals surface area contributed by atoms with Crippen molar-refractivity contribution in [3.8, 4) is 17.4 Å². The summed E-state index contributed by atoms with van der Waals surface area (Å²) in [5.41, 5.74) is -0.153. The van der Waals surface area contributed by atoms with E-state index in [0.717, 1.165) is 0 Å². The van der Waals surface area contributed by atoms with E-state index in [0.29, 0.717) is 0 Å². The largest absolute Gasteiger partial charge is 0.493 e. The molecular formula is C12H9NO7. The molecule has 0 spiro atoms. The molecule has 8 heteroatoms. The predicted molar refractivity (Wildman–Crippen MR) is 65.4 cm³/mol. The van der Waals surface area contributed by atoms with Crippen LogP contribution in [0.15, 0.2) is 34.7 Å². The Bertz CT molecular complexity index is 662. The second-order valence-electron chi connectivity index (χ2n) is 3.62. The normalized spacial score (nSPS) is 10.1. The summed E-state index contributed by atoms with van der Waals surface area (Å²) >= 11 is 0. The molecule has 104 valence electrons. The quantitative estimate of drug-likeness (QED) is 0.661. The molecule has 1 N–H and O–H groups in total. The first-order chi connectivity index (χ1) is 9.51. The van der Waals surface area contributed by atoms with E-state index in [1.54, 1.807) is 0 Å². The van der Waals surface area contributed by atoms with E-state index in [9.17, 15) is 14.9 Å². The second-order valence-corrected chi connectivity index (χ2v) is 3.62. The van der Waals surface area contributed by atoms with Crippen molar-refractivity contribution >= 4 is 11.7 Å². The monoisotopic (exact) mass is 279 g/mol. The Hall–Kier alpha value is -3.03. The maximum absolute atomic E-state index is 10.7. The van der Waals surface area contributed by atoms with Crippen LogP contribution in [0.1, 0.15) is 10.6 Å². The number of aromatic carboxylic acids is 1. The number of nitro benzene ring substituents is 1. The highest BCUT2D eigenvalue weighted by molar-refractivity contribution is 5.84. The number of carbonyl (C=O) groups is 1. The van der Waals surface area contributed by atoms with Crippen LogP contribution in [0.2, 0.25) is 0 Å². The molecule has 0 aliphatic carbocycles. The molecule has 0 fully saturated rings. The summed E-state index contributed by atoms with van der Waals surface area (Å²) in [7, 11) is 1.33. The Labute approximate surface area is 112 Å². The number of nitro groups is 1. The Morgan fingerprint density at radius 2 is 2.05 bits per heavy atom. The molecule has 0 bridgehead atoms. The van der Waals surface area contributed by atoms with Crippen LogP contribution in [0, 0.1) is 10.1 Å². The van der Waals surface area contributed by atoms with E-state index in [2.05, 4.69) is 0 Å². The van der Waals surface area contributed by atoms with Crippen molar-refractivity contribution in [1.29, 1.82) is 0 Å². The number of hydrogen-bond donors (Lipinski definition) is 1. The highest BCUT2D eigenvalue weighted by Crippen LogP contribution is 2.35. The number of carboxylic acid groups (broad SMARTS) is 1. The smallest absolute Gasteiger partial charge is 0.371 e. The lowest BCUT2D eigenvalue weighted by atomic mass is 10.3. The number of non-ortho nitro benzene ring substituents is 1. The summed E-state index contributed by atoms with van der Waals surface area (Å²) in [5, 5.41) is 19.4. The number of furan rings is 1. The molecule has 0 radical (unpaired) electrons. The van der Waals surface area contributed by atoms with E-state index < -0.39 is 10.9 Å². The van der Waals surface area contributed by atoms with Crippen LogP contribution in [0.5, 0.6) is 17.4 Å². The first-order valence-electron chi connectivity index (χ1n) is 5.34. The average Bonchev–Trinajstić information content (AvgIpc) is 2.87. The lowest BCUT2D eigenvalue weighted by Crippen LogP contribution is -1.93. The van der Waals surface area contributed by atoms with Gasteiger partial charge in [-0.05, 0) is 12.1 Å². The molecule has 1 heterocycles. The summed E-state index contributed by atoms with van der Waals surface area (Å²) in [6, 6.07) is 6.31. The predicted octanol–water partition coefficient (Wildman–Crippen LogP) is 2.69. The highest BCUT2D eigenvalue weighted by atomic mass is 16.6. The zero-order valence-corrected chi connectivity index (χ0v) is 10.2. The SMILES string of the molecule is COc1cc([N+](=O)[O-])ccc1Oc1ccc(C(=O)O)o1. The first-order valence-corrected chi connectivity index (χ1v) is 5.34. The zero-order chi connectivity index (χ0) is 14.7. The van der Waals surface area contributed by atoms with Gasteiger partial charge in [-0.15, -0.1) is 0 Å². The molecule has 0 saturated heterocycles. The van der Waals surface area contributed by atoms with Crippen molar-refractivity contribution in [3.63, 3.8) is 0 Å². The number of hydrogen-bond acceptors (Lipinski definition) is 6. The Morgan fingerprint density at radius 1 is 1.30 bits per heavy atom. The number of carboxylic acids is 1. The molecule has 2 rings (SSSR count). The molecule has 0 aliphatic heterocycles. The minimum absolute atomic E-state index is 0.0606. The van der Waals surface area contributed by atoms with E-state index >= 15 is 0 Å². The van der Waals surface area contributed by atoms with Crippen molar-refractivity contribution < 1.29 is 28.7 Å². The molecule has 0 saturated carbocycles. The van der Waals surface area contributed by atoms with Gasteiger partial charge >= 0.3 is 5.97 Å². The van der Waals surface area contributed by atoms with Crippen molar-refractivity contribution in [2.24, 2.45) is 0 Å². The highest BCUT2D eigenvalue weighted by Gasteiger charge is 2.15. The van der Waals surface area contributed by atoms with E-state index in [4.69, 9.17) is 19.0 Å². The topological polar surface area (TPSA) is 112 Å². The lowest BCUT2D eigenvalue weighted by Gasteiger charge is -2.07. The van der Waals surface area contributed by atoms with Crippen molar-refractivity contribution in [3.05, 3.63) is 46.2 Å². The summed E-state index contributed by atoms with van der Waals surface area (Å²) in [6.45, 7) is 0. The Morgan fingerprint density at radius 3 is 2.60 bits per heavy atom. The van der Waals surface area contributed by atoms with E-state index in [1.807, 2.05) is 0 Å². The fourth-order valence-electron chi connectivity index (χ4n) is 1.45. The molecule has 1 aromatic carbocycles. The minimum Gasteiger partial charge on any atom is -0.493 e. The number of benzene rings is 1. The first kappa shape index (κ1) is 13.4. The number of ether oxygens (including phenoxy) is 2. The van der Waals surface area contributed by atoms with Crippen molar-refractivity contribution in [2.75, 3.05) is 7.11 Å². The van der Waals surface area contributed by atoms with Gasteiger partial charge in [-0.1, -0.05) is 0 Å². The summed E-state index contributed by atoms with van der Waals surface area (Å²) < 4.78 is 15.2. The second kappa shape index (κ2) is 5.31. The molecule has 0 aliphatic rings. The molecular weight excluding hydrogens is 270 g/mol. The van der Waals surface area contributed by atoms with Gasteiger partial charge in [-0.25, -0.2) is 4.79 Å². The van der Waals surface area contributed by atoms with Gasteiger partial charge in [0.2, 0.25) is 5.76 Å². The summed E-state index contributed by atoms with van der Waals surface area (Å²) in [5.74, 6) is -1.26. The third-order valence-electron chi connectivity index (χ3n) is 2.36. The fraction of sp³-hybridized carbons (Fsp3) is 0.0833. The standard InChI is InChI=1S/C12H9NO7/c1-18-10-6-7(13(16)17)2-3-8(10)19-11-5-4-9(20-11)12(14)15/h2-6H,1H3,(H,14,15). The molecule has 1 aromatic heterocycles. The van der Waals surface area contributed by atoms with E-state index in [1.165, 1.54) is 37.4 Å². The lowest BCUT2D eigenvalue weighted by molar-refractivity contribution is -0.384. The van der Waals surface area contributed by atoms with Crippen LogP contribution in [-0.2, 0) is 0 Å². The summed E-state index contributed by atoms with van der Waals surface area (Å²) in [6.07, 6.45) is 0. The Balaban J connectivity index is 2.28. The van der Waals surface area contributed by atoms with Crippen molar-refractivity contribution in [1.82, 2.24) is 0 Å². The van der Waals surface area contributed by atoms with Gasteiger partial charge in [0.25, 0.3) is 11.6 Å². The fourth-order valence-corrected chi connectivity index (χ4v) is 1.45. The van der Waals surface area contributed by atoms with Gasteiger partial charge < -0.3 is 19.0 Å². The van der Waals surface area contributed by atoms with Crippen LogP contribution >= 0.6 is 0 Å². The number of nitrogens with zero attached hydrogens (tertiary/aromatic N) is 1. The maximum Gasteiger partial charge on any atom is 0.371 e. The van der Waals surface area contributed by atoms with Crippen LogP contribution in [0.3, 0.4) is 0 Å². The maximum atomic E-state index is 10.7. The van der Waals surface area contributed by atoms with Gasteiger partial charge in [-0.2, -0.15) is 0 Å². The minimum atomic E-state index is -1.23. The van der Waals surface area contributed by atoms with Crippen LogP contribution in [0.4, 0.5) is 5.69 Å². The molecule has 0 amide bonds. The Kier molecular flexibility index (Phi) is 3.56. The zero-order valence-electron chi connectivity index (χ0n) is 10.2. The van der Waals surface area contributed by atoms with Crippen LogP contribution in [-0.4, -0.2) is 23.1 Å². The molecule has 20 heavy (non-hydrogen) atoms. The van der Waals surface area contributed by atoms with Gasteiger partial charge in [0.1, 0.15) is 0 Å². The third kappa shape index (κ3) is 2.69. The molecule has 2 aromatic rings. The van der Waals surface area contributed by atoms with Crippen LogP contribution in [0.25, 0.3) is 0 Å². The van der Waals surface area contributed by atoms with Gasteiger partial charge in [0, 0.05) is 12.1 Å². The van der Waals surface area contributed by atoms with Gasteiger partial charge in [-0.3, -0.25) is 10.1 Å². The van der Waals surface area contributed by atoms with Crippen molar-refractivity contribution in [2.45, 2.75) is 0 Å². The van der Waals surface area contributed by atoms with Gasteiger partial charge in [0.15, 0.2) is 11.5 Å². The van der Waals surface area contributed by atoms with E-state index in [-0.39, 0.29) is 28.9 Å². The summed E-state index contributed by atoms with van der Waals surface area (Å²) in [4.78, 5) is 20.7. The van der Waals surface area contributed by atoms with Crippen LogP contribution < -0.4 is 9.47 Å². The number of rotatable bonds is 5. The van der Waals surface area contributed by atoms with Gasteiger partial charge in [0.05, 0.1) is 18.1 Å².